The minimum Gasteiger partial charge on any atom is -0.495 e. The van der Waals surface area contributed by atoms with E-state index in [4.69, 9.17) is 9.26 Å². The van der Waals surface area contributed by atoms with Gasteiger partial charge in [-0.2, -0.15) is 0 Å². The van der Waals surface area contributed by atoms with Crippen molar-refractivity contribution < 1.29 is 17.7 Å². The second kappa shape index (κ2) is 8.37. The van der Waals surface area contributed by atoms with Crippen molar-refractivity contribution in [3.63, 3.8) is 0 Å². The van der Waals surface area contributed by atoms with Gasteiger partial charge in [-0.25, -0.2) is 13.1 Å². The van der Waals surface area contributed by atoms with Crippen LogP contribution in [-0.2, 0) is 16.4 Å². The second-order valence-electron chi connectivity index (χ2n) is 6.19. The lowest BCUT2D eigenvalue weighted by atomic mass is 10.1. The molecule has 0 aliphatic rings. The van der Waals surface area contributed by atoms with Crippen molar-refractivity contribution in [1.82, 2.24) is 9.88 Å². The molecule has 27 heavy (non-hydrogen) atoms. The van der Waals surface area contributed by atoms with Crippen LogP contribution >= 0.6 is 0 Å². The summed E-state index contributed by atoms with van der Waals surface area (Å²) in [6, 6.07) is 16.6. The van der Waals surface area contributed by atoms with Crippen molar-refractivity contribution in [2.24, 2.45) is 0 Å². The Morgan fingerprint density at radius 1 is 1.11 bits per heavy atom. The van der Waals surface area contributed by atoms with E-state index < -0.39 is 10.0 Å². The SMILES string of the molecule is COc1cc(-c2cc(C)no2)ccc1S(=O)(=O)NCCCc1ccccc1. The van der Waals surface area contributed by atoms with E-state index >= 15 is 0 Å². The van der Waals surface area contributed by atoms with E-state index in [1.54, 1.807) is 18.2 Å². The Labute approximate surface area is 159 Å². The summed E-state index contributed by atoms with van der Waals surface area (Å²) >= 11 is 0. The fourth-order valence-corrected chi connectivity index (χ4v) is 3.99. The molecule has 0 fully saturated rings. The number of aromatic nitrogens is 1. The number of nitrogens with one attached hydrogen (secondary N) is 1. The van der Waals surface area contributed by atoms with Gasteiger partial charge in [0.15, 0.2) is 5.76 Å². The molecule has 0 radical (unpaired) electrons. The first-order valence-electron chi connectivity index (χ1n) is 8.65. The summed E-state index contributed by atoms with van der Waals surface area (Å²) in [5, 5.41) is 3.85. The van der Waals surface area contributed by atoms with E-state index in [0.29, 0.717) is 24.3 Å². The highest BCUT2D eigenvalue weighted by Gasteiger charge is 2.20. The number of aryl methyl sites for hydroxylation is 2. The van der Waals surface area contributed by atoms with Gasteiger partial charge in [0.2, 0.25) is 10.0 Å². The van der Waals surface area contributed by atoms with Gasteiger partial charge < -0.3 is 9.26 Å². The number of benzene rings is 2. The minimum atomic E-state index is -3.67. The van der Waals surface area contributed by atoms with Gasteiger partial charge >= 0.3 is 0 Å². The highest BCUT2D eigenvalue weighted by molar-refractivity contribution is 7.89. The number of rotatable bonds is 8. The predicted molar refractivity (Wildman–Crippen MR) is 103 cm³/mol. The lowest BCUT2D eigenvalue weighted by Gasteiger charge is -2.11. The van der Waals surface area contributed by atoms with Gasteiger partial charge in [-0.15, -0.1) is 0 Å². The van der Waals surface area contributed by atoms with Crippen LogP contribution in [0, 0.1) is 6.92 Å². The molecule has 1 N–H and O–H groups in total. The van der Waals surface area contributed by atoms with Crippen LogP contribution < -0.4 is 9.46 Å². The fraction of sp³-hybridized carbons (Fsp3) is 0.250. The van der Waals surface area contributed by atoms with Crippen LogP contribution in [0.5, 0.6) is 5.75 Å². The van der Waals surface area contributed by atoms with Crippen molar-refractivity contribution in [2.45, 2.75) is 24.7 Å². The normalized spacial score (nSPS) is 11.5. The summed E-state index contributed by atoms with van der Waals surface area (Å²) in [5.41, 5.74) is 2.64. The van der Waals surface area contributed by atoms with Gasteiger partial charge in [0.05, 0.1) is 12.8 Å². The summed E-state index contributed by atoms with van der Waals surface area (Å²) in [6.45, 7) is 2.17. The molecule has 0 aliphatic carbocycles. The van der Waals surface area contributed by atoms with Crippen LogP contribution in [0.25, 0.3) is 11.3 Å². The van der Waals surface area contributed by atoms with Gasteiger partial charge in [-0.1, -0.05) is 35.5 Å². The third-order valence-corrected chi connectivity index (χ3v) is 5.64. The molecular formula is C20H22N2O4S. The average Bonchev–Trinajstić information content (AvgIpc) is 3.12. The van der Waals surface area contributed by atoms with Gasteiger partial charge in [0, 0.05) is 18.2 Å². The standard InChI is InChI=1S/C20H22N2O4S/c1-15-13-18(26-22-15)17-10-11-20(19(14-17)25-2)27(23,24)21-12-6-9-16-7-4-3-5-8-16/h3-5,7-8,10-11,13-14,21H,6,9,12H2,1-2H3. The Bertz CT molecular complexity index is 998. The molecular weight excluding hydrogens is 364 g/mol. The molecule has 0 spiro atoms. The highest BCUT2D eigenvalue weighted by atomic mass is 32.2. The number of hydrogen-bond acceptors (Lipinski definition) is 5. The van der Waals surface area contributed by atoms with Crippen LogP contribution in [0.1, 0.15) is 17.7 Å². The number of ether oxygens (including phenoxy) is 1. The first-order valence-corrected chi connectivity index (χ1v) is 10.1. The van der Waals surface area contributed by atoms with Gasteiger partial charge in [-0.3, -0.25) is 0 Å². The maximum Gasteiger partial charge on any atom is 0.244 e. The largest absolute Gasteiger partial charge is 0.495 e. The Balaban J connectivity index is 1.69. The zero-order chi connectivity index (χ0) is 19.3. The maximum absolute atomic E-state index is 12.6. The molecule has 6 nitrogen and oxygen atoms in total. The first kappa shape index (κ1) is 19.1. The summed E-state index contributed by atoms with van der Waals surface area (Å²) in [6.07, 6.45) is 1.52. The van der Waals surface area contributed by atoms with E-state index in [9.17, 15) is 8.42 Å². The fourth-order valence-electron chi connectivity index (χ4n) is 2.76. The van der Waals surface area contributed by atoms with E-state index in [-0.39, 0.29) is 10.6 Å². The molecule has 0 saturated carbocycles. The van der Waals surface area contributed by atoms with Crippen molar-refractivity contribution in [2.75, 3.05) is 13.7 Å². The molecule has 3 aromatic rings. The van der Waals surface area contributed by atoms with E-state index in [1.807, 2.05) is 37.3 Å². The number of sulfonamides is 1. The molecule has 0 saturated heterocycles. The van der Waals surface area contributed by atoms with Gasteiger partial charge in [-0.05, 0) is 43.5 Å². The molecule has 0 amide bonds. The highest BCUT2D eigenvalue weighted by Crippen LogP contribution is 2.30. The van der Waals surface area contributed by atoms with Crippen molar-refractivity contribution in [3.8, 4) is 17.1 Å². The average molecular weight is 386 g/mol. The summed E-state index contributed by atoms with van der Waals surface area (Å²) in [7, 11) is -2.23. The van der Waals surface area contributed by atoms with E-state index in [1.165, 1.54) is 18.7 Å². The van der Waals surface area contributed by atoms with Crippen LogP contribution in [0.2, 0.25) is 0 Å². The molecule has 1 heterocycles. The Morgan fingerprint density at radius 2 is 1.89 bits per heavy atom. The summed E-state index contributed by atoms with van der Waals surface area (Å²) < 4.78 is 38.5. The lowest BCUT2D eigenvalue weighted by molar-refractivity contribution is 0.401. The second-order valence-corrected chi connectivity index (χ2v) is 7.92. The van der Waals surface area contributed by atoms with Crippen molar-refractivity contribution >= 4 is 10.0 Å². The van der Waals surface area contributed by atoms with Crippen LogP contribution in [0.15, 0.2) is 64.0 Å². The number of hydrogen-bond donors (Lipinski definition) is 1. The van der Waals surface area contributed by atoms with E-state index in [2.05, 4.69) is 9.88 Å². The molecule has 0 unspecified atom stereocenters. The summed E-state index contributed by atoms with van der Waals surface area (Å²) in [5.74, 6) is 0.822. The van der Waals surface area contributed by atoms with Gasteiger partial charge in [0.1, 0.15) is 10.6 Å². The molecule has 0 atom stereocenters. The number of methoxy groups -OCH3 is 1. The molecule has 2 aromatic carbocycles. The Kier molecular flexibility index (Phi) is 5.93. The van der Waals surface area contributed by atoms with Crippen LogP contribution in [0.3, 0.4) is 0 Å². The Hall–Kier alpha value is -2.64. The zero-order valence-corrected chi connectivity index (χ0v) is 16.1. The molecule has 0 aliphatic heterocycles. The van der Waals surface area contributed by atoms with Crippen LogP contribution in [0.4, 0.5) is 0 Å². The topological polar surface area (TPSA) is 81.4 Å². The molecule has 7 heteroatoms. The third-order valence-electron chi connectivity index (χ3n) is 4.14. The monoisotopic (exact) mass is 386 g/mol. The zero-order valence-electron chi connectivity index (χ0n) is 15.3. The quantitative estimate of drug-likeness (QED) is 0.599. The van der Waals surface area contributed by atoms with Gasteiger partial charge in [0.25, 0.3) is 0 Å². The summed E-state index contributed by atoms with van der Waals surface area (Å²) in [4.78, 5) is 0.102. The predicted octanol–water partition coefficient (Wildman–Crippen LogP) is 3.57. The smallest absolute Gasteiger partial charge is 0.244 e. The lowest BCUT2D eigenvalue weighted by Crippen LogP contribution is -2.25. The third kappa shape index (κ3) is 4.75. The van der Waals surface area contributed by atoms with E-state index in [0.717, 1.165) is 12.1 Å². The number of nitrogens with zero attached hydrogens (tertiary/aromatic N) is 1. The maximum atomic E-state index is 12.6. The minimum absolute atomic E-state index is 0.102. The van der Waals surface area contributed by atoms with Crippen molar-refractivity contribution in [3.05, 3.63) is 65.9 Å². The molecule has 1 aromatic heterocycles. The first-order chi connectivity index (χ1) is 13.0. The molecule has 3 rings (SSSR count). The molecule has 142 valence electrons. The van der Waals surface area contributed by atoms with Crippen molar-refractivity contribution in [1.29, 1.82) is 0 Å². The Morgan fingerprint density at radius 3 is 2.56 bits per heavy atom. The van der Waals surface area contributed by atoms with Crippen LogP contribution in [-0.4, -0.2) is 27.2 Å². The molecule has 0 bridgehead atoms.